The van der Waals surface area contributed by atoms with E-state index >= 15 is 0 Å². The molecule has 0 saturated carbocycles. The van der Waals surface area contributed by atoms with Crippen molar-refractivity contribution in [3.63, 3.8) is 0 Å². The second kappa shape index (κ2) is 11.4. The molecule has 0 bridgehead atoms. The second-order valence-electron chi connectivity index (χ2n) is 11.0. The van der Waals surface area contributed by atoms with Gasteiger partial charge >= 0.3 is 0 Å². The van der Waals surface area contributed by atoms with Gasteiger partial charge in [0.05, 0.1) is 18.7 Å². The van der Waals surface area contributed by atoms with Crippen LogP contribution in [0, 0.1) is 0 Å². The van der Waals surface area contributed by atoms with Crippen molar-refractivity contribution in [1.29, 1.82) is 0 Å². The topological polar surface area (TPSA) is 98.5 Å². The summed E-state index contributed by atoms with van der Waals surface area (Å²) >= 11 is 0. The van der Waals surface area contributed by atoms with Crippen LogP contribution in [0.5, 0.6) is 11.5 Å². The Balaban J connectivity index is 1.29. The standard InChI is InChI=1S/C32H33N5O5/c38-31(25-19-33-29-8-4-5-10-37(29)32(25)39)36(11-9-22-6-2-1-3-7-22)20-24-16-23-17-27-28(42-21-41-27)18-26(23)34-30(24)35-12-14-40-15-13-35/h4-6,8,10,16-19H,1-3,7,9,11-15,20-21H2. The minimum Gasteiger partial charge on any atom is -0.454 e. The van der Waals surface area contributed by atoms with Crippen molar-refractivity contribution >= 4 is 28.3 Å². The van der Waals surface area contributed by atoms with Crippen LogP contribution in [0.1, 0.15) is 48.0 Å². The van der Waals surface area contributed by atoms with Gasteiger partial charge in [-0.1, -0.05) is 17.7 Å². The van der Waals surface area contributed by atoms with Gasteiger partial charge in [-0.3, -0.25) is 14.0 Å². The average Bonchev–Trinajstić information content (AvgIpc) is 3.50. The molecule has 1 aromatic carbocycles. The van der Waals surface area contributed by atoms with Gasteiger partial charge in [0, 0.05) is 55.6 Å². The van der Waals surface area contributed by atoms with Crippen LogP contribution < -0.4 is 19.9 Å². The highest BCUT2D eigenvalue weighted by molar-refractivity contribution is 5.94. The van der Waals surface area contributed by atoms with Crippen molar-refractivity contribution in [1.82, 2.24) is 19.3 Å². The highest BCUT2D eigenvalue weighted by atomic mass is 16.7. The lowest BCUT2D eigenvalue weighted by Crippen LogP contribution is -2.39. The van der Waals surface area contributed by atoms with Crippen LogP contribution in [0.2, 0.25) is 0 Å². The predicted octanol–water partition coefficient (Wildman–Crippen LogP) is 4.34. The van der Waals surface area contributed by atoms with Gasteiger partial charge in [0.1, 0.15) is 17.0 Å². The van der Waals surface area contributed by atoms with E-state index in [1.165, 1.54) is 29.0 Å². The first kappa shape index (κ1) is 26.5. The molecule has 0 atom stereocenters. The van der Waals surface area contributed by atoms with Crippen LogP contribution in [0.15, 0.2) is 65.2 Å². The molecule has 3 aromatic heterocycles. The Morgan fingerprint density at radius 1 is 1.05 bits per heavy atom. The molecule has 4 aromatic rings. The van der Waals surface area contributed by atoms with Crippen LogP contribution in [0.25, 0.3) is 16.6 Å². The number of allylic oxidation sites excluding steroid dienone is 1. The van der Waals surface area contributed by atoms with E-state index in [9.17, 15) is 9.59 Å². The Morgan fingerprint density at radius 2 is 1.90 bits per heavy atom. The summed E-state index contributed by atoms with van der Waals surface area (Å²) in [6.45, 7) is 3.59. The number of carbonyl (C=O) groups is 1. The molecule has 3 aliphatic rings. The number of fused-ring (bicyclic) bond motifs is 3. The molecule has 1 amide bonds. The van der Waals surface area contributed by atoms with Crippen molar-refractivity contribution in [2.45, 2.75) is 38.6 Å². The summed E-state index contributed by atoms with van der Waals surface area (Å²) < 4.78 is 18.3. The molecule has 1 fully saturated rings. The van der Waals surface area contributed by atoms with Crippen molar-refractivity contribution in [3.8, 4) is 11.5 Å². The van der Waals surface area contributed by atoms with Crippen LogP contribution in [0.3, 0.4) is 0 Å². The molecule has 0 unspecified atom stereocenters. The summed E-state index contributed by atoms with van der Waals surface area (Å²) in [4.78, 5) is 41.1. The zero-order valence-corrected chi connectivity index (χ0v) is 23.5. The summed E-state index contributed by atoms with van der Waals surface area (Å²) in [5.41, 5.74) is 3.26. The number of benzene rings is 1. The van der Waals surface area contributed by atoms with Gasteiger partial charge in [-0.05, 0) is 56.4 Å². The fourth-order valence-electron chi connectivity index (χ4n) is 5.97. The van der Waals surface area contributed by atoms with Gasteiger partial charge in [-0.15, -0.1) is 0 Å². The molecule has 1 aliphatic carbocycles. The molecule has 1 saturated heterocycles. The monoisotopic (exact) mass is 567 g/mol. The number of morpholine rings is 1. The predicted molar refractivity (Wildman–Crippen MR) is 158 cm³/mol. The number of amides is 1. The van der Waals surface area contributed by atoms with E-state index < -0.39 is 0 Å². The lowest BCUT2D eigenvalue weighted by molar-refractivity contribution is 0.0741. The van der Waals surface area contributed by atoms with E-state index in [1.54, 1.807) is 23.2 Å². The molecule has 2 aliphatic heterocycles. The third-order valence-electron chi connectivity index (χ3n) is 8.26. The van der Waals surface area contributed by atoms with Gasteiger partial charge < -0.3 is 24.0 Å². The molecule has 7 rings (SSSR count). The number of pyridine rings is 2. The van der Waals surface area contributed by atoms with Crippen LogP contribution >= 0.6 is 0 Å². The van der Waals surface area contributed by atoms with E-state index in [-0.39, 0.29) is 23.8 Å². The zero-order valence-electron chi connectivity index (χ0n) is 23.5. The van der Waals surface area contributed by atoms with Crippen molar-refractivity contribution in [2.24, 2.45) is 0 Å². The molecule has 0 radical (unpaired) electrons. The SMILES string of the molecule is O=C(c1cnc2ccccn2c1=O)N(CCC1=CCCCC1)Cc1cc2cc3c(cc2nc1N1CCOCC1)OCO3. The molecular weight excluding hydrogens is 534 g/mol. The molecule has 0 N–H and O–H groups in total. The summed E-state index contributed by atoms with van der Waals surface area (Å²) in [7, 11) is 0. The largest absolute Gasteiger partial charge is 0.454 e. The molecule has 5 heterocycles. The minimum absolute atomic E-state index is 0.0568. The number of anilines is 1. The number of hydrogen-bond acceptors (Lipinski definition) is 8. The Morgan fingerprint density at radius 3 is 2.74 bits per heavy atom. The van der Waals surface area contributed by atoms with Gasteiger partial charge in [-0.2, -0.15) is 0 Å². The first-order chi connectivity index (χ1) is 20.6. The summed E-state index contributed by atoms with van der Waals surface area (Å²) in [6.07, 6.45) is 10.6. The highest BCUT2D eigenvalue weighted by Crippen LogP contribution is 2.37. The molecular formula is C32H33N5O5. The normalized spacial score (nSPS) is 16.6. The van der Waals surface area contributed by atoms with E-state index in [0.717, 1.165) is 41.5 Å². The van der Waals surface area contributed by atoms with Gasteiger partial charge in [0.2, 0.25) is 6.79 Å². The molecule has 10 nitrogen and oxygen atoms in total. The summed E-state index contributed by atoms with van der Waals surface area (Å²) in [6, 6.07) is 11.3. The lowest BCUT2D eigenvalue weighted by Gasteiger charge is -2.31. The third-order valence-corrected chi connectivity index (χ3v) is 8.26. The van der Waals surface area contributed by atoms with Crippen molar-refractivity contribution < 1.29 is 19.0 Å². The molecule has 10 heteroatoms. The number of hydrogen-bond donors (Lipinski definition) is 0. The van der Waals surface area contributed by atoms with Crippen molar-refractivity contribution in [3.05, 3.63) is 81.9 Å². The fourth-order valence-corrected chi connectivity index (χ4v) is 5.97. The molecule has 42 heavy (non-hydrogen) atoms. The third kappa shape index (κ3) is 5.18. The number of rotatable bonds is 7. The lowest BCUT2D eigenvalue weighted by atomic mass is 9.97. The van der Waals surface area contributed by atoms with Crippen LogP contribution in [0.4, 0.5) is 5.82 Å². The Bertz CT molecular complexity index is 1740. The first-order valence-electron chi connectivity index (χ1n) is 14.6. The molecule has 216 valence electrons. The minimum atomic E-state index is -0.370. The molecule has 0 spiro atoms. The van der Waals surface area contributed by atoms with E-state index in [4.69, 9.17) is 19.2 Å². The Kier molecular flexibility index (Phi) is 7.21. The van der Waals surface area contributed by atoms with E-state index in [1.807, 2.05) is 18.2 Å². The zero-order chi connectivity index (χ0) is 28.5. The Hall–Kier alpha value is -4.44. The van der Waals surface area contributed by atoms with Crippen LogP contribution in [-0.4, -0.2) is 64.8 Å². The second-order valence-corrected chi connectivity index (χ2v) is 11.0. The smallest absolute Gasteiger partial charge is 0.270 e. The number of nitrogens with zero attached hydrogens (tertiary/aromatic N) is 5. The Labute approximate surface area is 243 Å². The summed E-state index contributed by atoms with van der Waals surface area (Å²) in [5.74, 6) is 1.84. The summed E-state index contributed by atoms with van der Waals surface area (Å²) in [5, 5.41) is 0.904. The van der Waals surface area contributed by atoms with E-state index in [0.29, 0.717) is 56.5 Å². The highest BCUT2D eigenvalue weighted by Gasteiger charge is 2.26. The van der Waals surface area contributed by atoms with Gasteiger partial charge in [-0.25, -0.2) is 9.97 Å². The maximum absolute atomic E-state index is 14.2. The van der Waals surface area contributed by atoms with E-state index in [2.05, 4.69) is 22.0 Å². The van der Waals surface area contributed by atoms with Crippen LogP contribution in [-0.2, 0) is 11.3 Å². The van der Waals surface area contributed by atoms with Crippen molar-refractivity contribution in [2.75, 3.05) is 44.5 Å². The quantitative estimate of drug-likeness (QED) is 0.304. The number of carbonyl (C=O) groups excluding carboxylic acids is 1. The van der Waals surface area contributed by atoms with Gasteiger partial charge in [0.15, 0.2) is 11.5 Å². The fraction of sp³-hybridized carbons (Fsp3) is 0.375. The van der Waals surface area contributed by atoms with Gasteiger partial charge in [0.25, 0.3) is 11.5 Å². The average molecular weight is 568 g/mol. The number of aromatic nitrogens is 3. The first-order valence-corrected chi connectivity index (χ1v) is 14.6. The maximum atomic E-state index is 14.2. The maximum Gasteiger partial charge on any atom is 0.270 e. The number of ether oxygens (including phenoxy) is 3.